The second kappa shape index (κ2) is 18.5. The fraction of sp³-hybridized carbons (Fsp3) is 0.207. The van der Waals surface area contributed by atoms with Crippen molar-refractivity contribution >= 4 is 67.5 Å². The molecule has 16 bridgehead atoms. The molecule has 0 fully saturated rings. The molecule has 4 aromatic heterocycles. The van der Waals surface area contributed by atoms with Crippen LogP contribution in [0.5, 0.6) is 0 Å². The quantitative estimate of drug-likeness (QED) is 0.126. The first-order valence-corrected chi connectivity index (χ1v) is 24.8. The van der Waals surface area contributed by atoms with E-state index in [1.807, 2.05) is 92.7 Å². The average Bonchev–Trinajstić information content (AvgIpc) is 4.31. The smallest absolute Gasteiger partial charge is 0.372 e. The predicted octanol–water partition coefficient (Wildman–Crippen LogP) is 10.2. The number of nitrogens with zero attached hydrogens (tertiary/aromatic N) is 14. The van der Waals surface area contributed by atoms with Crippen molar-refractivity contribution in [2.45, 2.75) is 59.5 Å². The maximum Gasteiger partial charge on any atom is 2.00 e. The molecule has 364 valence electrons. The number of aromatic nitrogens is 9. The van der Waals surface area contributed by atoms with E-state index in [-0.39, 0.29) is 57.5 Å². The molecular formula is C58H48N16Ti. The van der Waals surface area contributed by atoms with Crippen LogP contribution in [0.3, 0.4) is 0 Å². The van der Waals surface area contributed by atoms with Gasteiger partial charge in [0.1, 0.15) is 34.2 Å². The summed E-state index contributed by atoms with van der Waals surface area (Å²) in [5, 5.41) is 8.65. The Morgan fingerprint density at radius 1 is 0.573 bits per heavy atom. The van der Waals surface area contributed by atoms with Gasteiger partial charge in [0.25, 0.3) is 0 Å². The second-order valence-corrected chi connectivity index (χ2v) is 19.3. The monoisotopic (exact) mass is 1020 g/mol. The molecule has 10 heterocycles. The standard InChI is InChI=1S/C30H24N8.C28H24N8.Ti/c1-5-17-18(6-2)26-34-25(17)32-23-15(3)16(4)24(31-23)33-27-19-11-7-8-12-20(19)29(36-27)38-30-22-14-10-9-13-21(22)28(35-26)37-30;1-13-15(3)23-30-21(13)29-22-14(2)16(4)24(31-22)33-26-18-10-6-8-12-20(18)28(35-26)36-27-19-11-7-5-9-17(19)25(32-23)34-27;/h5-14,18,21-22,28H,1-2H2,3-4H3;5-13,15H,1-4H3,(H2,29,30,31,32,33,34,35,36);/q-2;;+2. The third-order valence-corrected chi connectivity index (χ3v) is 15.1. The van der Waals surface area contributed by atoms with E-state index in [4.69, 9.17) is 70.2 Å². The van der Waals surface area contributed by atoms with E-state index in [1.165, 1.54) is 0 Å². The van der Waals surface area contributed by atoms with Gasteiger partial charge in [0.2, 0.25) is 0 Å². The fourth-order valence-electron chi connectivity index (χ4n) is 10.3. The fourth-order valence-corrected chi connectivity index (χ4v) is 10.3. The van der Waals surface area contributed by atoms with Crippen LogP contribution in [0, 0.1) is 31.6 Å². The number of H-pyrrole nitrogens is 2. The second-order valence-electron chi connectivity index (χ2n) is 19.3. The number of nitrogens with one attached hydrogen (secondary N) is 2. The summed E-state index contributed by atoms with van der Waals surface area (Å²) in [5.41, 5.74) is 10.9. The summed E-state index contributed by atoms with van der Waals surface area (Å²) in [7, 11) is 0. The molecule has 2 N–H and O–H groups in total. The average molecular weight is 1020 g/mol. The molecule has 0 amide bonds. The van der Waals surface area contributed by atoms with Crippen molar-refractivity contribution < 1.29 is 21.7 Å². The van der Waals surface area contributed by atoms with Crippen molar-refractivity contribution in [3.8, 4) is 22.8 Å². The zero-order valence-corrected chi connectivity index (χ0v) is 43.6. The van der Waals surface area contributed by atoms with E-state index in [1.54, 1.807) is 6.08 Å². The largest absolute Gasteiger partial charge is 2.00 e. The van der Waals surface area contributed by atoms with E-state index in [0.29, 0.717) is 57.4 Å². The molecule has 16 nitrogen and oxygen atoms in total. The zero-order chi connectivity index (χ0) is 50.5. The number of rotatable bonds is 2. The van der Waals surface area contributed by atoms with Gasteiger partial charge >= 0.3 is 21.7 Å². The Morgan fingerprint density at radius 2 is 1.12 bits per heavy atom. The summed E-state index contributed by atoms with van der Waals surface area (Å²) in [4.78, 5) is 70.8. The van der Waals surface area contributed by atoms with E-state index in [9.17, 15) is 0 Å². The minimum Gasteiger partial charge on any atom is -0.372 e. The van der Waals surface area contributed by atoms with Crippen molar-refractivity contribution in [1.29, 1.82) is 0 Å². The summed E-state index contributed by atoms with van der Waals surface area (Å²) in [6, 6.07) is 24.2. The zero-order valence-electron chi connectivity index (χ0n) is 42.0. The number of hydrogen-bond acceptors (Lipinski definition) is 12. The number of benzene rings is 3. The summed E-state index contributed by atoms with van der Waals surface area (Å²) in [5.74, 6) is 5.82. The van der Waals surface area contributed by atoms with Crippen molar-refractivity contribution in [2.75, 3.05) is 0 Å². The molecule has 3 aromatic carbocycles. The normalized spacial score (nSPS) is 21.9. The molecule has 75 heavy (non-hydrogen) atoms. The molecule has 7 aromatic rings. The number of fused-ring (bicyclic) bond motifs is 26. The van der Waals surface area contributed by atoms with Crippen molar-refractivity contribution in [2.24, 2.45) is 47.7 Å². The molecule has 1 aliphatic carbocycles. The van der Waals surface area contributed by atoms with Crippen LogP contribution in [0.25, 0.3) is 72.2 Å². The molecule has 17 heteroatoms. The van der Waals surface area contributed by atoms with Crippen LogP contribution in [0.1, 0.15) is 62.3 Å². The van der Waals surface area contributed by atoms with Crippen LogP contribution in [0.15, 0.2) is 175 Å². The third kappa shape index (κ3) is 7.85. The van der Waals surface area contributed by atoms with Gasteiger partial charge in [0, 0.05) is 68.3 Å². The number of allylic oxidation sites excluding steroid dienone is 3. The third-order valence-electron chi connectivity index (χ3n) is 15.1. The van der Waals surface area contributed by atoms with E-state index in [0.717, 1.165) is 89.1 Å². The van der Waals surface area contributed by atoms with Crippen molar-refractivity contribution in [3.63, 3.8) is 0 Å². The topological polar surface area (TPSA) is 211 Å². The SMILES string of the molecule is C=CC1=C2N=C3N=C(N=c4[n-]c(c5ccccc45)=NC4=NC(N=C([N-]2)C1C=C)C1C=CC=CC41)C(C)=C3C.Cc1c(C)c2nc3nc(nc4[nH]c(nc5nc(nc1[nH]2)-c1ccccc1-5)c1ccccc41)C(C)C3C.[Ti+2]. The molecule has 0 radical (unpaired) electrons. The van der Waals surface area contributed by atoms with Crippen LogP contribution in [0.2, 0.25) is 0 Å². The summed E-state index contributed by atoms with van der Waals surface area (Å²) in [6.45, 7) is 20.5. The first kappa shape index (κ1) is 47.5. The van der Waals surface area contributed by atoms with Gasteiger partial charge in [-0.25, -0.2) is 34.9 Å². The molecule has 0 saturated carbocycles. The number of aliphatic imine (C=N–C) groups is 4. The van der Waals surface area contributed by atoms with Gasteiger partial charge in [-0.1, -0.05) is 130 Å². The summed E-state index contributed by atoms with van der Waals surface area (Å²) < 4.78 is 0. The van der Waals surface area contributed by atoms with E-state index in [2.05, 4.69) is 75.1 Å². The minimum atomic E-state index is -0.377. The molecular weight excluding hydrogens is 969 g/mol. The molecule has 6 atom stereocenters. The van der Waals surface area contributed by atoms with Crippen LogP contribution in [-0.2, 0) is 21.7 Å². The van der Waals surface area contributed by atoms with E-state index >= 15 is 0 Å². The number of amidine groups is 4. The Hall–Kier alpha value is -8.47. The Morgan fingerprint density at radius 3 is 1.77 bits per heavy atom. The molecule has 6 unspecified atom stereocenters. The van der Waals surface area contributed by atoms with Crippen molar-refractivity contribution in [3.05, 3.63) is 184 Å². The van der Waals surface area contributed by atoms with Gasteiger partial charge in [0.05, 0.1) is 23.7 Å². The summed E-state index contributed by atoms with van der Waals surface area (Å²) >= 11 is 0. The minimum absolute atomic E-state index is 0. The van der Waals surface area contributed by atoms with Crippen molar-refractivity contribution in [1.82, 2.24) is 44.9 Å². The van der Waals surface area contributed by atoms with Gasteiger partial charge in [-0.05, 0) is 72.1 Å². The van der Waals surface area contributed by atoms with Crippen LogP contribution in [0.4, 0.5) is 0 Å². The Bertz CT molecular complexity index is 4230. The number of hydrogen-bond donors (Lipinski definition) is 2. The molecule has 7 aliphatic rings. The van der Waals surface area contributed by atoms with Crippen LogP contribution >= 0.6 is 0 Å². The first-order valence-electron chi connectivity index (χ1n) is 24.8. The van der Waals surface area contributed by atoms with E-state index < -0.39 is 0 Å². The van der Waals surface area contributed by atoms with Crippen LogP contribution < -0.4 is 16.0 Å². The van der Waals surface area contributed by atoms with Gasteiger partial charge in [-0.15, -0.1) is 6.58 Å². The Kier molecular flexibility index (Phi) is 11.7. The number of aromatic amines is 2. The summed E-state index contributed by atoms with van der Waals surface area (Å²) in [6.07, 6.45) is 11.6. The van der Waals surface area contributed by atoms with Gasteiger partial charge < -0.3 is 40.2 Å². The number of aryl methyl sites for hydroxylation is 2. The Labute approximate surface area is 445 Å². The maximum atomic E-state index is 5.04. The van der Waals surface area contributed by atoms with Gasteiger partial charge in [-0.3, -0.25) is 4.99 Å². The van der Waals surface area contributed by atoms with Crippen LogP contribution in [-0.4, -0.2) is 69.4 Å². The maximum absolute atomic E-state index is 5.04. The van der Waals surface area contributed by atoms with Gasteiger partial charge in [-0.2, -0.15) is 0 Å². The Balaban J connectivity index is 0.000000150. The first-order chi connectivity index (χ1) is 36.0. The molecule has 14 rings (SSSR count). The molecule has 0 saturated heterocycles. The van der Waals surface area contributed by atoms with Gasteiger partial charge in [0.15, 0.2) is 11.6 Å². The molecule has 6 aliphatic heterocycles. The molecule has 0 spiro atoms. The predicted molar refractivity (Wildman–Crippen MR) is 291 cm³/mol.